The van der Waals surface area contributed by atoms with E-state index in [0.717, 1.165) is 11.1 Å². The first kappa shape index (κ1) is 12.8. The minimum absolute atomic E-state index is 0.142. The fourth-order valence-electron chi connectivity index (χ4n) is 2.36. The summed E-state index contributed by atoms with van der Waals surface area (Å²) in [6, 6.07) is 7.03. The number of nitro groups is 1. The van der Waals surface area contributed by atoms with E-state index in [-0.39, 0.29) is 23.3 Å². The summed E-state index contributed by atoms with van der Waals surface area (Å²) in [6.07, 6.45) is 0.715. The first-order chi connectivity index (χ1) is 8.63. The van der Waals surface area contributed by atoms with E-state index in [1.807, 2.05) is 24.3 Å². The molecule has 18 heavy (non-hydrogen) atoms. The molecule has 1 unspecified atom stereocenters. The van der Waals surface area contributed by atoms with Crippen LogP contribution in [-0.4, -0.2) is 34.7 Å². The number of carbonyl (C=O) groups is 1. The summed E-state index contributed by atoms with van der Waals surface area (Å²) in [5.74, 6) is -0.394. The molecule has 0 fully saturated rings. The Morgan fingerprint density at radius 2 is 2.22 bits per heavy atom. The summed E-state index contributed by atoms with van der Waals surface area (Å²) in [5.41, 5.74) is 1.93. The normalized spacial score (nSPS) is 18.3. The van der Waals surface area contributed by atoms with Gasteiger partial charge >= 0.3 is 0 Å². The van der Waals surface area contributed by atoms with Crippen molar-refractivity contribution >= 4 is 17.5 Å². The number of fused-ring (bicyclic) bond motifs is 1. The van der Waals surface area contributed by atoms with Gasteiger partial charge in [-0.05, 0) is 17.5 Å². The smallest absolute Gasteiger partial charge is 0.238 e. The SMILES string of the molecule is O=C(CCl)N1CCc2ccccc2C1C[N+](=O)[O-]. The lowest BCUT2D eigenvalue weighted by Crippen LogP contribution is -2.43. The van der Waals surface area contributed by atoms with Gasteiger partial charge in [-0.15, -0.1) is 11.6 Å². The number of rotatable bonds is 3. The van der Waals surface area contributed by atoms with Gasteiger partial charge < -0.3 is 4.90 Å². The monoisotopic (exact) mass is 268 g/mol. The van der Waals surface area contributed by atoms with Crippen LogP contribution in [0.15, 0.2) is 24.3 Å². The van der Waals surface area contributed by atoms with E-state index in [1.54, 1.807) is 0 Å². The number of halogens is 1. The summed E-state index contributed by atoms with van der Waals surface area (Å²) in [4.78, 5) is 23.6. The third-order valence-electron chi connectivity index (χ3n) is 3.17. The molecule has 0 N–H and O–H groups in total. The highest BCUT2D eigenvalue weighted by molar-refractivity contribution is 6.27. The summed E-state index contributed by atoms with van der Waals surface area (Å²) in [5, 5.41) is 10.8. The van der Waals surface area contributed by atoms with E-state index >= 15 is 0 Å². The second-order valence-corrected chi connectivity index (χ2v) is 4.47. The maximum Gasteiger partial charge on any atom is 0.238 e. The summed E-state index contributed by atoms with van der Waals surface area (Å²) >= 11 is 5.55. The number of hydrogen-bond donors (Lipinski definition) is 0. The van der Waals surface area contributed by atoms with Crippen LogP contribution in [0, 0.1) is 10.1 Å². The summed E-state index contributed by atoms with van der Waals surface area (Å²) in [6.45, 7) is 0.209. The van der Waals surface area contributed by atoms with Crippen LogP contribution in [0.3, 0.4) is 0 Å². The van der Waals surface area contributed by atoms with Gasteiger partial charge in [0.1, 0.15) is 11.9 Å². The molecule has 0 saturated heterocycles. The van der Waals surface area contributed by atoms with E-state index in [9.17, 15) is 14.9 Å². The van der Waals surface area contributed by atoms with Crippen LogP contribution in [0.5, 0.6) is 0 Å². The highest BCUT2D eigenvalue weighted by Crippen LogP contribution is 2.29. The molecular formula is C12H13ClN2O3. The summed E-state index contributed by atoms with van der Waals surface area (Å²) in [7, 11) is 0. The van der Waals surface area contributed by atoms with Gasteiger partial charge in [0.25, 0.3) is 0 Å². The van der Waals surface area contributed by atoms with E-state index in [0.29, 0.717) is 13.0 Å². The maximum atomic E-state index is 11.7. The van der Waals surface area contributed by atoms with Gasteiger partial charge in [-0.2, -0.15) is 0 Å². The molecule has 1 aliphatic rings. The van der Waals surface area contributed by atoms with Crippen molar-refractivity contribution in [2.45, 2.75) is 12.5 Å². The predicted octanol–water partition coefficient (Wildman–Crippen LogP) is 1.63. The molecule has 1 atom stereocenters. The Kier molecular flexibility index (Phi) is 3.81. The molecule has 0 aromatic heterocycles. The summed E-state index contributed by atoms with van der Waals surface area (Å²) < 4.78 is 0. The van der Waals surface area contributed by atoms with Crippen molar-refractivity contribution in [2.24, 2.45) is 0 Å². The van der Waals surface area contributed by atoms with Gasteiger partial charge in [0.05, 0.1) is 0 Å². The molecule has 1 aromatic rings. The molecule has 0 saturated carbocycles. The van der Waals surface area contributed by atoms with Crippen LogP contribution in [0.25, 0.3) is 0 Å². The lowest BCUT2D eigenvalue weighted by Gasteiger charge is -2.34. The number of hydrogen-bond acceptors (Lipinski definition) is 3. The number of alkyl halides is 1. The quantitative estimate of drug-likeness (QED) is 0.475. The molecular weight excluding hydrogens is 256 g/mol. The van der Waals surface area contributed by atoms with Crippen LogP contribution >= 0.6 is 11.6 Å². The molecule has 1 aliphatic heterocycles. The third-order valence-corrected chi connectivity index (χ3v) is 3.40. The molecule has 0 bridgehead atoms. The number of nitrogens with zero attached hydrogens (tertiary/aromatic N) is 2. The molecule has 0 spiro atoms. The van der Waals surface area contributed by atoms with Crippen LogP contribution < -0.4 is 0 Å². The Morgan fingerprint density at radius 3 is 2.89 bits per heavy atom. The van der Waals surface area contributed by atoms with Crippen LogP contribution in [0.1, 0.15) is 17.2 Å². The number of amides is 1. The molecule has 1 amide bonds. The Bertz CT molecular complexity index is 478. The standard InChI is InChI=1S/C12H13ClN2O3/c13-7-12(16)14-6-5-9-3-1-2-4-10(9)11(14)8-15(17)18/h1-4,11H,5-8H2. The molecule has 2 rings (SSSR count). The fourth-order valence-corrected chi connectivity index (χ4v) is 2.52. The molecule has 96 valence electrons. The molecule has 0 aliphatic carbocycles. The van der Waals surface area contributed by atoms with E-state index in [1.165, 1.54) is 4.90 Å². The van der Waals surface area contributed by atoms with Gasteiger partial charge in [-0.1, -0.05) is 24.3 Å². The minimum atomic E-state index is -0.504. The average Bonchev–Trinajstić information content (AvgIpc) is 2.37. The zero-order valence-electron chi connectivity index (χ0n) is 9.71. The van der Waals surface area contributed by atoms with E-state index < -0.39 is 6.04 Å². The van der Waals surface area contributed by atoms with Crippen molar-refractivity contribution < 1.29 is 9.72 Å². The molecule has 0 radical (unpaired) electrons. The lowest BCUT2D eigenvalue weighted by molar-refractivity contribution is -0.487. The first-order valence-corrected chi connectivity index (χ1v) is 6.22. The highest BCUT2D eigenvalue weighted by atomic mass is 35.5. The second kappa shape index (κ2) is 5.35. The zero-order valence-corrected chi connectivity index (χ0v) is 10.5. The molecule has 1 aromatic carbocycles. The van der Waals surface area contributed by atoms with Gasteiger partial charge in [-0.25, -0.2) is 0 Å². The lowest BCUT2D eigenvalue weighted by atomic mass is 9.92. The maximum absolute atomic E-state index is 11.7. The van der Waals surface area contributed by atoms with Crippen LogP contribution in [0.2, 0.25) is 0 Å². The average molecular weight is 269 g/mol. The number of benzene rings is 1. The van der Waals surface area contributed by atoms with Crippen molar-refractivity contribution in [3.63, 3.8) is 0 Å². The van der Waals surface area contributed by atoms with E-state index in [2.05, 4.69) is 0 Å². The van der Waals surface area contributed by atoms with Crippen molar-refractivity contribution in [3.8, 4) is 0 Å². The third kappa shape index (κ3) is 2.46. The fraction of sp³-hybridized carbons (Fsp3) is 0.417. The van der Waals surface area contributed by atoms with E-state index in [4.69, 9.17) is 11.6 Å². The van der Waals surface area contributed by atoms with Gasteiger partial charge in [0.15, 0.2) is 0 Å². The minimum Gasteiger partial charge on any atom is -0.328 e. The number of carbonyl (C=O) groups excluding carboxylic acids is 1. The predicted molar refractivity (Wildman–Crippen MR) is 67.2 cm³/mol. The molecule has 1 heterocycles. The second-order valence-electron chi connectivity index (χ2n) is 4.20. The van der Waals surface area contributed by atoms with Crippen molar-refractivity contribution in [1.29, 1.82) is 0 Å². The highest BCUT2D eigenvalue weighted by Gasteiger charge is 2.33. The van der Waals surface area contributed by atoms with Crippen molar-refractivity contribution in [1.82, 2.24) is 4.90 Å². The Balaban J connectivity index is 2.36. The first-order valence-electron chi connectivity index (χ1n) is 5.68. The van der Waals surface area contributed by atoms with Crippen molar-refractivity contribution in [2.75, 3.05) is 19.0 Å². The Labute approximate surface area is 109 Å². The van der Waals surface area contributed by atoms with Crippen molar-refractivity contribution in [3.05, 3.63) is 45.5 Å². The topological polar surface area (TPSA) is 63.5 Å². The zero-order chi connectivity index (χ0) is 13.1. The Morgan fingerprint density at radius 1 is 1.50 bits per heavy atom. The molecule has 5 nitrogen and oxygen atoms in total. The van der Waals surface area contributed by atoms with Crippen LogP contribution in [-0.2, 0) is 11.2 Å². The van der Waals surface area contributed by atoms with Gasteiger partial charge in [-0.3, -0.25) is 14.9 Å². The largest absolute Gasteiger partial charge is 0.328 e. The Hall–Kier alpha value is -1.62. The van der Waals surface area contributed by atoms with Crippen LogP contribution in [0.4, 0.5) is 0 Å². The van der Waals surface area contributed by atoms with Gasteiger partial charge in [0, 0.05) is 11.5 Å². The van der Waals surface area contributed by atoms with Gasteiger partial charge in [0.2, 0.25) is 12.5 Å². The molecule has 6 heteroatoms.